The SMILES string of the molecule is COC(=O)c1cc(NC(=O)CCCCCN)c(F)cc1F. The highest BCUT2D eigenvalue weighted by Crippen LogP contribution is 2.20. The molecule has 116 valence electrons. The Bertz CT molecular complexity index is 521. The van der Waals surface area contributed by atoms with Gasteiger partial charge >= 0.3 is 5.97 Å². The van der Waals surface area contributed by atoms with Crippen LogP contribution in [0.1, 0.15) is 36.0 Å². The minimum Gasteiger partial charge on any atom is -0.465 e. The van der Waals surface area contributed by atoms with E-state index in [4.69, 9.17) is 5.73 Å². The number of ether oxygens (including phenoxy) is 1. The highest BCUT2D eigenvalue weighted by Gasteiger charge is 2.17. The highest BCUT2D eigenvalue weighted by molar-refractivity contribution is 5.94. The molecule has 7 heteroatoms. The maximum Gasteiger partial charge on any atom is 0.340 e. The van der Waals surface area contributed by atoms with E-state index in [1.807, 2.05) is 0 Å². The van der Waals surface area contributed by atoms with Gasteiger partial charge in [-0.15, -0.1) is 0 Å². The van der Waals surface area contributed by atoms with E-state index in [1.165, 1.54) is 0 Å². The van der Waals surface area contributed by atoms with Crippen molar-refractivity contribution < 1.29 is 23.1 Å². The molecule has 1 amide bonds. The van der Waals surface area contributed by atoms with E-state index in [-0.39, 0.29) is 12.1 Å². The molecule has 1 aromatic rings. The van der Waals surface area contributed by atoms with Crippen molar-refractivity contribution in [1.29, 1.82) is 0 Å². The van der Waals surface area contributed by atoms with Gasteiger partial charge in [-0.1, -0.05) is 6.42 Å². The molecule has 0 aromatic heterocycles. The summed E-state index contributed by atoms with van der Waals surface area (Å²) < 4.78 is 31.4. The van der Waals surface area contributed by atoms with Crippen molar-refractivity contribution in [3.63, 3.8) is 0 Å². The Balaban J connectivity index is 2.74. The lowest BCUT2D eigenvalue weighted by molar-refractivity contribution is -0.116. The second-order valence-corrected chi connectivity index (χ2v) is 4.45. The normalized spacial score (nSPS) is 10.3. The van der Waals surface area contributed by atoms with Gasteiger partial charge < -0.3 is 15.8 Å². The quantitative estimate of drug-likeness (QED) is 0.597. The Morgan fingerprint density at radius 2 is 1.90 bits per heavy atom. The number of nitrogens with one attached hydrogen (secondary N) is 1. The van der Waals surface area contributed by atoms with Gasteiger partial charge in [0.1, 0.15) is 11.6 Å². The summed E-state index contributed by atoms with van der Waals surface area (Å²) in [5, 5.41) is 2.31. The number of rotatable bonds is 7. The molecule has 21 heavy (non-hydrogen) atoms. The summed E-state index contributed by atoms with van der Waals surface area (Å²) in [5.41, 5.74) is 4.65. The van der Waals surface area contributed by atoms with Crippen LogP contribution in [0, 0.1) is 11.6 Å². The second kappa shape index (κ2) is 8.31. The summed E-state index contributed by atoms with van der Waals surface area (Å²) in [6.45, 7) is 0.552. The predicted molar refractivity (Wildman–Crippen MR) is 73.8 cm³/mol. The Morgan fingerprint density at radius 3 is 2.52 bits per heavy atom. The smallest absolute Gasteiger partial charge is 0.340 e. The second-order valence-electron chi connectivity index (χ2n) is 4.45. The first-order valence-corrected chi connectivity index (χ1v) is 6.57. The molecule has 1 aromatic carbocycles. The zero-order chi connectivity index (χ0) is 15.8. The van der Waals surface area contributed by atoms with Gasteiger partial charge in [-0.05, 0) is 25.5 Å². The van der Waals surface area contributed by atoms with Crippen molar-refractivity contribution in [3.8, 4) is 0 Å². The molecule has 0 aliphatic rings. The van der Waals surface area contributed by atoms with Crippen LogP contribution in [0.25, 0.3) is 0 Å². The maximum atomic E-state index is 13.6. The first kappa shape index (κ1) is 17.0. The van der Waals surface area contributed by atoms with Gasteiger partial charge in [0.15, 0.2) is 0 Å². The van der Waals surface area contributed by atoms with Crippen molar-refractivity contribution in [1.82, 2.24) is 0 Å². The number of unbranched alkanes of at least 4 members (excludes halogenated alkanes) is 2. The third kappa shape index (κ3) is 5.11. The van der Waals surface area contributed by atoms with E-state index >= 15 is 0 Å². The molecule has 0 radical (unpaired) electrons. The van der Waals surface area contributed by atoms with Gasteiger partial charge in [0.25, 0.3) is 0 Å². The molecular weight excluding hydrogens is 282 g/mol. The van der Waals surface area contributed by atoms with Crippen molar-refractivity contribution in [2.45, 2.75) is 25.7 Å². The number of hydrogen-bond donors (Lipinski definition) is 2. The number of carbonyl (C=O) groups excluding carboxylic acids is 2. The lowest BCUT2D eigenvalue weighted by Crippen LogP contribution is -2.14. The van der Waals surface area contributed by atoms with E-state index in [9.17, 15) is 18.4 Å². The molecular formula is C14H18F2N2O3. The van der Waals surface area contributed by atoms with Crippen LogP contribution in [0.15, 0.2) is 12.1 Å². The highest BCUT2D eigenvalue weighted by atomic mass is 19.1. The molecule has 0 aliphatic heterocycles. The van der Waals surface area contributed by atoms with Crippen LogP contribution < -0.4 is 11.1 Å². The number of nitrogens with two attached hydrogens (primary N) is 1. The van der Waals surface area contributed by atoms with Crippen molar-refractivity contribution in [2.24, 2.45) is 5.73 Å². The number of halogens is 2. The Hall–Kier alpha value is -2.02. The maximum absolute atomic E-state index is 13.6. The minimum absolute atomic E-state index is 0.199. The van der Waals surface area contributed by atoms with Gasteiger partial charge in [-0.3, -0.25) is 4.79 Å². The number of esters is 1. The molecule has 0 fully saturated rings. The zero-order valence-corrected chi connectivity index (χ0v) is 11.7. The molecule has 0 aliphatic carbocycles. The van der Waals surface area contributed by atoms with E-state index < -0.39 is 29.1 Å². The molecule has 0 spiro atoms. The third-order valence-electron chi connectivity index (χ3n) is 2.84. The molecule has 0 atom stereocenters. The Morgan fingerprint density at radius 1 is 1.19 bits per heavy atom. The molecule has 0 saturated heterocycles. The fourth-order valence-corrected chi connectivity index (χ4v) is 1.73. The zero-order valence-electron chi connectivity index (χ0n) is 11.7. The van der Waals surface area contributed by atoms with Crippen LogP contribution in [0.4, 0.5) is 14.5 Å². The molecule has 0 bridgehead atoms. The minimum atomic E-state index is -1.04. The third-order valence-corrected chi connectivity index (χ3v) is 2.84. The number of hydrogen-bond acceptors (Lipinski definition) is 4. The van der Waals surface area contributed by atoms with E-state index in [0.29, 0.717) is 19.0 Å². The number of methoxy groups -OCH3 is 1. The largest absolute Gasteiger partial charge is 0.465 e. The molecule has 5 nitrogen and oxygen atoms in total. The first-order valence-electron chi connectivity index (χ1n) is 6.57. The van der Waals surface area contributed by atoms with Crippen molar-refractivity contribution in [3.05, 3.63) is 29.3 Å². The van der Waals surface area contributed by atoms with Crippen LogP contribution in [-0.2, 0) is 9.53 Å². The van der Waals surface area contributed by atoms with E-state index in [1.54, 1.807) is 0 Å². The number of anilines is 1. The summed E-state index contributed by atoms with van der Waals surface area (Å²) in [7, 11) is 1.08. The fraction of sp³-hybridized carbons (Fsp3) is 0.429. The topological polar surface area (TPSA) is 81.4 Å². The van der Waals surface area contributed by atoms with E-state index in [0.717, 1.165) is 26.0 Å². The lowest BCUT2D eigenvalue weighted by atomic mass is 10.1. The Labute approximate surface area is 121 Å². The van der Waals surface area contributed by atoms with Gasteiger partial charge in [0.05, 0.1) is 18.4 Å². The fourth-order valence-electron chi connectivity index (χ4n) is 1.73. The van der Waals surface area contributed by atoms with Crippen molar-refractivity contribution in [2.75, 3.05) is 19.0 Å². The van der Waals surface area contributed by atoms with Crippen molar-refractivity contribution >= 4 is 17.6 Å². The van der Waals surface area contributed by atoms with Crippen LogP contribution in [-0.4, -0.2) is 25.5 Å². The summed E-state index contributed by atoms with van der Waals surface area (Å²) in [6.07, 6.45) is 2.42. The molecule has 0 heterocycles. The van der Waals surface area contributed by atoms with Gasteiger partial charge in [-0.2, -0.15) is 0 Å². The summed E-state index contributed by atoms with van der Waals surface area (Å²) in [6, 6.07) is 1.46. The number of benzene rings is 1. The van der Waals surface area contributed by atoms with Gasteiger partial charge in [-0.25, -0.2) is 13.6 Å². The summed E-state index contributed by atoms with van der Waals surface area (Å²) in [4.78, 5) is 23.0. The Kier molecular flexibility index (Phi) is 6.74. The standard InChI is InChI=1S/C14H18F2N2O3/c1-21-14(20)9-7-12(11(16)8-10(9)15)18-13(19)5-3-2-4-6-17/h7-8H,2-6,17H2,1H3,(H,18,19). The van der Waals surface area contributed by atoms with Crippen LogP contribution >= 0.6 is 0 Å². The number of carbonyl (C=O) groups is 2. The van der Waals surface area contributed by atoms with Gasteiger partial charge in [0.2, 0.25) is 5.91 Å². The molecule has 1 rings (SSSR count). The van der Waals surface area contributed by atoms with Crippen LogP contribution in [0.2, 0.25) is 0 Å². The molecule has 3 N–H and O–H groups in total. The summed E-state index contributed by atoms with van der Waals surface area (Å²) >= 11 is 0. The molecule has 0 unspecified atom stereocenters. The first-order chi connectivity index (χ1) is 9.99. The predicted octanol–water partition coefficient (Wildman–Crippen LogP) is 2.21. The number of amides is 1. The lowest BCUT2D eigenvalue weighted by Gasteiger charge is -2.09. The molecule has 0 saturated carbocycles. The average molecular weight is 300 g/mol. The monoisotopic (exact) mass is 300 g/mol. The van der Waals surface area contributed by atoms with Gasteiger partial charge in [0, 0.05) is 12.5 Å². The van der Waals surface area contributed by atoms with Crippen LogP contribution in [0.5, 0.6) is 0 Å². The van der Waals surface area contributed by atoms with E-state index in [2.05, 4.69) is 10.1 Å². The average Bonchev–Trinajstić information content (AvgIpc) is 2.45. The summed E-state index contributed by atoms with van der Waals surface area (Å²) in [5.74, 6) is -3.34. The van der Waals surface area contributed by atoms with Crippen LogP contribution in [0.3, 0.4) is 0 Å².